The van der Waals surface area contributed by atoms with Crippen molar-refractivity contribution in [1.82, 2.24) is 0 Å². The van der Waals surface area contributed by atoms with Gasteiger partial charge in [0.1, 0.15) is 0 Å². The number of allylic oxidation sites excluding steroid dienone is 2. The summed E-state index contributed by atoms with van der Waals surface area (Å²) in [7, 11) is -3.30. The van der Waals surface area contributed by atoms with Crippen LogP contribution in [-0.4, -0.2) is 8.42 Å². The first-order valence-corrected chi connectivity index (χ1v) is 5.72. The molecule has 0 heterocycles. The summed E-state index contributed by atoms with van der Waals surface area (Å²) in [6.07, 6.45) is 1.51. The van der Waals surface area contributed by atoms with Crippen molar-refractivity contribution in [3.63, 3.8) is 0 Å². The van der Waals surface area contributed by atoms with E-state index in [1.54, 1.807) is 37.3 Å². The first-order valence-electron chi connectivity index (χ1n) is 4.17. The lowest BCUT2D eigenvalue weighted by Gasteiger charge is -1.98. The van der Waals surface area contributed by atoms with Crippen LogP contribution in [0.5, 0.6) is 0 Å². The highest BCUT2D eigenvalue weighted by molar-refractivity contribution is 7.94. The molecule has 0 spiro atoms. The number of hydrogen-bond acceptors (Lipinski definition) is 2. The van der Waals surface area contributed by atoms with E-state index in [1.165, 1.54) is 11.5 Å². The highest BCUT2D eigenvalue weighted by Gasteiger charge is 2.09. The van der Waals surface area contributed by atoms with E-state index >= 15 is 0 Å². The fourth-order valence-corrected chi connectivity index (χ4v) is 2.23. The van der Waals surface area contributed by atoms with Gasteiger partial charge in [-0.1, -0.05) is 30.9 Å². The molecule has 74 valence electrons. The quantitative estimate of drug-likeness (QED) is 0.715. The zero-order chi connectivity index (χ0) is 10.6. The van der Waals surface area contributed by atoms with Crippen LogP contribution in [0.3, 0.4) is 0 Å². The fourth-order valence-electron chi connectivity index (χ4n) is 0.971. The van der Waals surface area contributed by atoms with Crippen LogP contribution < -0.4 is 0 Å². The Morgan fingerprint density at radius 3 is 2.36 bits per heavy atom. The van der Waals surface area contributed by atoms with Crippen molar-refractivity contribution in [3.05, 3.63) is 54.0 Å². The second-order valence-electron chi connectivity index (χ2n) is 2.92. The Kier molecular flexibility index (Phi) is 3.25. The molecule has 0 atom stereocenters. The van der Waals surface area contributed by atoms with Crippen LogP contribution in [0.1, 0.15) is 6.92 Å². The van der Waals surface area contributed by atoms with Crippen LogP contribution >= 0.6 is 0 Å². The zero-order valence-electron chi connectivity index (χ0n) is 7.97. The van der Waals surface area contributed by atoms with E-state index in [4.69, 9.17) is 0 Å². The minimum atomic E-state index is -3.30. The van der Waals surface area contributed by atoms with Gasteiger partial charge in [-0.05, 0) is 24.6 Å². The van der Waals surface area contributed by atoms with Gasteiger partial charge in [0.2, 0.25) is 0 Å². The van der Waals surface area contributed by atoms with E-state index in [0.29, 0.717) is 10.5 Å². The van der Waals surface area contributed by atoms with Crippen molar-refractivity contribution in [2.24, 2.45) is 0 Å². The van der Waals surface area contributed by atoms with Gasteiger partial charge in [-0.2, -0.15) is 0 Å². The molecule has 0 saturated heterocycles. The Morgan fingerprint density at radius 1 is 1.29 bits per heavy atom. The average molecular weight is 208 g/mol. The molecule has 0 fully saturated rings. The summed E-state index contributed by atoms with van der Waals surface area (Å²) >= 11 is 0. The second kappa shape index (κ2) is 4.24. The van der Waals surface area contributed by atoms with Gasteiger partial charge in [-0.3, -0.25) is 0 Å². The summed E-state index contributed by atoms with van der Waals surface area (Å²) in [5.74, 6) is 0. The summed E-state index contributed by atoms with van der Waals surface area (Å²) in [5.41, 5.74) is 0.633. The highest BCUT2D eigenvalue weighted by atomic mass is 32.2. The molecule has 0 aliphatic carbocycles. The lowest BCUT2D eigenvalue weighted by Crippen LogP contribution is -1.96. The minimum absolute atomic E-state index is 0.307. The maximum atomic E-state index is 11.7. The van der Waals surface area contributed by atoms with Gasteiger partial charge < -0.3 is 0 Å². The van der Waals surface area contributed by atoms with Crippen molar-refractivity contribution in [2.75, 3.05) is 0 Å². The fraction of sp³-hybridized carbons (Fsp3) is 0.0909. The van der Waals surface area contributed by atoms with E-state index in [9.17, 15) is 8.42 Å². The van der Waals surface area contributed by atoms with Crippen LogP contribution in [0.15, 0.2) is 58.9 Å². The Morgan fingerprint density at radius 2 is 1.86 bits per heavy atom. The topological polar surface area (TPSA) is 34.1 Å². The van der Waals surface area contributed by atoms with Crippen LogP contribution in [0.25, 0.3) is 0 Å². The molecule has 0 aliphatic rings. The summed E-state index contributed by atoms with van der Waals surface area (Å²) in [6.45, 7) is 5.21. The smallest absolute Gasteiger partial charge is 0.200 e. The SMILES string of the molecule is C=CC(C)=CS(=O)(=O)c1ccccc1. The highest BCUT2D eigenvalue weighted by Crippen LogP contribution is 2.13. The van der Waals surface area contributed by atoms with Crippen LogP contribution in [0.2, 0.25) is 0 Å². The van der Waals surface area contributed by atoms with Gasteiger partial charge in [-0.25, -0.2) is 8.42 Å². The van der Waals surface area contributed by atoms with Gasteiger partial charge in [0.25, 0.3) is 0 Å². The maximum Gasteiger partial charge on any atom is 0.200 e. The van der Waals surface area contributed by atoms with E-state index < -0.39 is 9.84 Å². The number of sulfone groups is 1. The van der Waals surface area contributed by atoms with Gasteiger partial charge in [0, 0.05) is 5.41 Å². The molecule has 0 aromatic heterocycles. The molecule has 0 bridgehead atoms. The van der Waals surface area contributed by atoms with Crippen molar-refractivity contribution < 1.29 is 8.42 Å². The summed E-state index contributed by atoms with van der Waals surface area (Å²) in [5, 5.41) is 1.22. The van der Waals surface area contributed by atoms with Crippen molar-refractivity contribution in [2.45, 2.75) is 11.8 Å². The summed E-state index contributed by atoms with van der Waals surface area (Å²) in [4.78, 5) is 0.307. The molecule has 0 saturated carbocycles. The first-order chi connectivity index (χ1) is 6.56. The predicted molar refractivity (Wildman–Crippen MR) is 57.6 cm³/mol. The Bertz CT molecular complexity index is 441. The zero-order valence-corrected chi connectivity index (χ0v) is 8.79. The molecule has 1 rings (SSSR count). The van der Waals surface area contributed by atoms with Crippen molar-refractivity contribution in [1.29, 1.82) is 0 Å². The minimum Gasteiger partial charge on any atom is -0.219 e. The average Bonchev–Trinajstić information content (AvgIpc) is 2.18. The predicted octanol–water partition coefficient (Wildman–Crippen LogP) is 2.55. The van der Waals surface area contributed by atoms with E-state index in [0.717, 1.165) is 0 Å². The normalized spacial score (nSPS) is 12.5. The van der Waals surface area contributed by atoms with Gasteiger partial charge in [0.05, 0.1) is 4.90 Å². The standard InChI is InChI=1S/C11H12O2S/c1-3-10(2)9-14(12,13)11-7-5-4-6-8-11/h3-9H,1H2,2H3. The monoisotopic (exact) mass is 208 g/mol. The number of benzene rings is 1. The molecule has 0 unspecified atom stereocenters. The Balaban J connectivity index is 3.17. The van der Waals surface area contributed by atoms with Crippen molar-refractivity contribution in [3.8, 4) is 0 Å². The second-order valence-corrected chi connectivity index (χ2v) is 4.72. The molecule has 1 aromatic rings. The molecule has 1 aromatic carbocycles. The lowest BCUT2D eigenvalue weighted by atomic mass is 10.4. The molecule has 0 amide bonds. The molecular formula is C11H12O2S. The molecule has 0 radical (unpaired) electrons. The Labute approximate surface area is 84.5 Å². The third kappa shape index (κ3) is 2.57. The Hall–Kier alpha value is -1.35. The maximum absolute atomic E-state index is 11.7. The summed E-state index contributed by atoms with van der Waals surface area (Å²) in [6, 6.07) is 8.32. The van der Waals surface area contributed by atoms with Crippen molar-refractivity contribution >= 4 is 9.84 Å². The van der Waals surface area contributed by atoms with Gasteiger partial charge in [0.15, 0.2) is 9.84 Å². The molecule has 2 nitrogen and oxygen atoms in total. The van der Waals surface area contributed by atoms with E-state index in [1.807, 2.05) is 0 Å². The third-order valence-electron chi connectivity index (χ3n) is 1.73. The van der Waals surface area contributed by atoms with E-state index in [-0.39, 0.29) is 0 Å². The van der Waals surface area contributed by atoms with Gasteiger partial charge in [-0.15, -0.1) is 0 Å². The largest absolute Gasteiger partial charge is 0.219 e. The van der Waals surface area contributed by atoms with Crippen LogP contribution in [0, 0.1) is 0 Å². The van der Waals surface area contributed by atoms with E-state index in [2.05, 4.69) is 6.58 Å². The first kappa shape index (κ1) is 10.7. The third-order valence-corrected chi connectivity index (χ3v) is 3.35. The van der Waals surface area contributed by atoms with Crippen LogP contribution in [0.4, 0.5) is 0 Å². The summed E-state index contributed by atoms with van der Waals surface area (Å²) < 4.78 is 23.4. The molecule has 0 N–H and O–H groups in total. The molecule has 14 heavy (non-hydrogen) atoms. The van der Waals surface area contributed by atoms with Gasteiger partial charge >= 0.3 is 0 Å². The number of rotatable bonds is 3. The van der Waals surface area contributed by atoms with Crippen LogP contribution in [-0.2, 0) is 9.84 Å². The molecule has 3 heteroatoms. The number of hydrogen-bond donors (Lipinski definition) is 0. The lowest BCUT2D eigenvalue weighted by molar-refractivity contribution is 0.604. The molecular weight excluding hydrogens is 196 g/mol. The molecule has 0 aliphatic heterocycles.